The van der Waals surface area contributed by atoms with Crippen LogP contribution in [-0.4, -0.2) is 15.0 Å². The van der Waals surface area contributed by atoms with E-state index in [2.05, 4.69) is 96.5 Å². The fourth-order valence-electron chi connectivity index (χ4n) is 5.19. The van der Waals surface area contributed by atoms with Crippen LogP contribution in [0.3, 0.4) is 0 Å². The number of pyridine rings is 1. The second-order valence-electron chi connectivity index (χ2n) is 10.0. The van der Waals surface area contributed by atoms with Gasteiger partial charge >= 0.3 is 0 Å². The van der Waals surface area contributed by atoms with Crippen LogP contribution in [0, 0.1) is 0 Å². The Morgan fingerprint density at radius 1 is 0.805 bits per heavy atom. The van der Waals surface area contributed by atoms with Gasteiger partial charge in [0, 0.05) is 23.5 Å². The highest BCUT2D eigenvalue weighted by atomic mass is 14.9. The number of nitrogens with zero attached hydrogens (tertiary/aromatic N) is 3. The molecule has 3 heteroatoms. The third-order valence-electron chi connectivity index (χ3n) is 7.32. The molecule has 0 saturated carbocycles. The van der Waals surface area contributed by atoms with Gasteiger partial charge in [-0.3, -0.25) is 4.98 Å². The number of fused-ring (bicyclic) bond motifs is 1. The molecule has 0 radical (unpaired) electrons. The summed E-state index contributed by atoms with van der Waals surface area (Å²) in [5, 5.41) is 0. The van der Waals surface area contributed by atoms with E-state index >= 15 is 0 Å². The minimum absolute atomic E-state index is 0.693. The Morgan fingerprint density at radius 3 is 2.41 bits per heavy atom. The molecular formula is C38H31N3. The average molecular weight is 530 g/mol. The van der Waals surface area contributed by atoms with Gasteiger partial charge in [0.2, 0.25) is 0 Å². The number of allylic oxidation sites excluding steroid dienone is 6. The monoisotopic (exact) mass is 529 g/mol. The lowest BCUT2D eigenvalue weighted by atomic mass is 9.87. The molecule has 0 amide bonds. The number of hydrogen-bond acceptors (Lipinski definition) is 3. The predicted octanol–water partition coefficient (Wildman–Crippen LogP) is 8.95. The molecule has 1 aliphatic rings. The summed E-state index contributed by atoms with van der Waals surface area (Å²) in [6.45, 7) is 4.08. The van der Waals surface area contributed by atoms with Crippen molar-refractivity contribution in [1.29, 1.82) is 0 Å². The van der Waals surface area contributed by atoms with Gasteiger partial charge in [-0.15, -0.1) is 0 Å². The first-order chi connectivity index (χ1) is 20.3. The number of hydrogen-bond donors (Lipinski definition) is 0. The molecule has 0 aliphatic heterocycles. The van der Waals surface area contributed by atoms with Gasteiger partial charge in [0.1, 0.15) is 0 Å². The minimum Gasteiger partial charge on any atom is -0.264 e. The smallest absolute Gasteiger partial charge is 0.160 e. The Kier molecular flexibility index (Phi) is 7.86. The van der Waals surface area contributed by atoms with Gasteiger partial charge in [-0.05, 0) is 64.8 Å². The zero-order valence-electron chi connectivity index (χ0n) is 22.9. The zero-order chi connectivity index (χ0) is 27.9. The molecule has 1 aliphatic carbocycles. The molecule has 0 bridgehead atoms. The molecule has 2 aromatic heterocycles. The molecule has 0 spiro atoms. The van der Waals surface area contributed by atoms with Crippen LogP contribution in [0.1, 0.15) is 34.4 Å². The maximum Gasteiger partial charge on any atom is 0.160 e. The molecule has 3 nitrogen and oxygen atoms in total. The number of aromatic nitrogens is 3. The van der Waals surface area contributed by atoms with Gasteiger partial charge in [-0.2, -0.15) is 0 Å². The van der Waals surface area contributed by atoms with Crippen LogP contribution in [0.15, 0.2) is 146 Å². The summed E-state index contributed by atoms with van der Waals surface area (Å²) in [6, 6.07) is 33.7. The number of rotatable bonds is 8. The Bertz CT molecular complexity index is 1750. The first-order valence-corrected chi connectivity index (χ1v) is 14.0. The van der Waals surface area contributed by atoms with Crippen LogP contribution in [0.25, 0.3) is 33.8 Å². The molecule has 0 atom stereocenters. The number of aryl methyl sites for hydroxylation is 1. The molecule has 0 unspecified atom stereocenters. The first kappa shape index (κ1) is 26.1. The molecule has 41 heavy (non-hydrogen) atoms. The highest BCUT2D eigenvalue weighted by Crippen LogP contribution is 2.33. The summed E-state index contributed by atoms with van der Waals surface area (Å²) in [7, 11) is 0. The van der Waals surface area contributed by atoms with Gasteiger partial charge in [0.05, 0.1) is 11.4 Å². The highest BCUT2D eigenvalue weighted by molar-refractivity contribution is 5.84. The third kappa shape index (κ3) is 6.05. The molecular weight excluding hydrogens is 498 g/mol. The van der Waals surface area contributed by atoms with Crippen LogP contribution in [0.5, 0.6) is 0 Å². The van der Waals surface area contributed by atoms with E-state index in [0.717, 1.165) is 47.4 Å². The molecule has 2 heterocycles. The lowest BCUT2D eigenvalue weighted by Gasteiger charge is -2.18. The van der Waals surface area contributed by atoms with E-state index in [-0.39, 0.29) is 0 Å². The van der Waals surface area contributed by atoms with Crippen molar-refractivity contribution in [3.8, 4) is 22.6 Å². The van der Waals surface area contributed by atoms with Gasteiger partial charge in [0.25, 0.3) is 0 Å². The quantitative estimate of drug-likeness (QED) is 0.188. The van der Waals surface area contributed by atoms with Crippen molar-refractivity contribution in [2.75, 3.05) is 0 Å². The molecule has 198 valence electrons. The molecule has 6 rings (SSSR count). The SMILES string of the molecule is C=C/C(=C\C=C/Cc1cccnc1)c1cc(-c2ccc(C3=CCCc4ccccc43)cc2)nc(-c2ccccc2)n1. The largest absolute Gasteiger partial charge is 0.264 e. The summed E-state index contributed by atoms with van der Waals surface area (Å²) in [6.07, 6.45) is 17.1. The van der Waals surface area contributed by atoms with Crippen molar-refractivity contribution in [2.24, 2.45) is 0 Å². The normalized spacial score (nSPS) is 13.1. The van der Waals surface area contributed by atoms with E-state index in [1.807, 2.05) is 48.7 Å². The van der Waals surface area contributed by atoms with Crippen LogP contribution < -0.4 is 0 Å². The number of benzene rings is 3. The highest BCUT2D eigenvalue weighted by Gasteiger charge is 2.15. The van der Waals surface area contributed by atoms with Crippen molar-refractivity contribution < 1.29 is 0 Å². The Balaban J connectivity index is 1.34. The van der Waals surface area contributed by atoms with Gasteiger partial charge in [0.15, 0.2) is 5.82 Å². The fraction of sp³-hybridized carbons (Fsp3) is 0.0789. The van der Waals surface area contributed by atoms with Crippen molar-refractivity contribution >= 4 is 11.1 Å². The maximum atomic E-state index is 4.99. The maximum absolute atomic E-state index is 4.99. The van der Waals surface area contributed by atoms with Crippen LogP contribution in [0.4, 0.5) is 0 Å². The average Bonchev–Trinajstić information content (AvgIpc) is 3.05. The van der Waals surface area contributed by atoms with Crippen molar-refractivity contribution in [3.05, 3.63) is 174 Å². The fourth-order valence-corrected chi connectivity index (χ4v) is 5.19. The van der Waals surface area contributed by atoms with E-state index < -0.39 is 0 Å². The summed E-state index contributed by atoms with van der Waals surface area (Å²) in [5.41, 5.74) is 11.1. The first-order valence-electron chi connectivity index (χ1n) is 14.0. The van der Waals surface area contributed by atoms with Gasteiger partial charge in [-0.25, -0.2) is 9.97 Å². The molecule has 3 aromatic carbocycles. The third-order valence-corrected chi connectivity index (χ3v) is 7.32. The van der Waals surface area contributed by atoms with Crippen LogP contribution in [0.2, 0.25) is 0 Å². The van der Waals surface area contributed by atoms with E-state index in [4.69, 9.17) is 9.97 Å². The molecule has 0 fully saturated rings. The second kappa shape index (κ2) is 12.4. The summed E-state index contributed by atoms with van der Waals surface area (Å²) < 4.78 is 0. The van der Waals surface area contributed by atoms with E-state index in [0.29, 0.717) is 5.82 Å². The topological polar surface area (TPSA) is 38.7 Å². The van der Waals surface area contributed by atoms with Crippen molar-refractivity contribution in [1.82, 2.24) is 15.0 Å². The molecule has 0 saturated heterocycles. The standard InChI is InChI=1S/C38H31N3/c1-2-29(14-7-6-12-28-13-11-25-39-27-28)36-26-37(41-38(40-36)33-16-4-3-5-17-33)32-23-21-31(22-24-32)35-20-10-18-30-15-8-9-19-34(30)35/h2-9,11,13-17,19-27H,1,10,12,18H2/b7-6-,29-14+. The van der Waals surface area contributed by atoms with Gasteiger partial charge < -0.3 is 0 Å². The van der Waals surface area contributed by atoms with Crippen molar-refractivity contribution in [2.45, 2.75) is 19.3 Å². The van der Waals surface area contributed by atoms with E-state index in [1.165, 1.54) is 27.8 Å². The van der Waals surface area contributed by atoms with Crippen LogP contribution >= 0.6 is 0 Å². The zero-order valence-corrected chi connectivity index (χ0v) is 22.9. The van der Waals surface area contributed by atoms with Crippen LogP contribution in [-0.2, 0) is 12.8 Å². The second-order valence-corrected chi connectivity index (χ2v) is 10.0. The lowest BCUT2D eigenvalue weighted by Crippen LogP contribution is -2.01. The summed E-state index contributed by atoms with van der Waals surface area (Å²) in [5.74, 6) is 0.693. The van der Waals surface area contributed by atoms with E-state index in [1.54, 1.807) is 6.20 Å². The minimum atomic E-state index is 0.693. The Morgan fingerprint density at radius 2 is 1.61 bits per heavy atom. The van der Waals surface area contributed by atoms with E-state index in [9.17, 15) is 0 Å². The summed E-state index contributed by atoms with van der Waals surface area (Å²) >= 11 is 0. The Labute approximate surface area is 242 Å². The predicted molar refractivity (Wildman–Crippen MR) is 170 cm³/mol. The Hall–Kier alpha value is -5.15. The molecule has 0 N–H and O–H groups in total. The molecule has 5 aromatic rings. The van der Waals surface area contributed by atoms with Crippen molar-refractivity contribution in [3.63, 3.8) is 0 Å². The lowest BCUT2D eigenvalue weighted by molar-refractivity contribution is 0.978. The van der Waals surface area contributed by atoms with Gasteiger partial charge in [-0.1, -0.05) is 122 Å². The summed E-state index contributed by atoms with van der Waals surface area (Å²) in [4.78, 5) is 14.1.